The second kappa shape index (κ2) is 6.13. The van der Waals surface area contributed by atoms with E-state index in [9.17, 15) is 0 Å². The Morgan fingerprint density at radius 1 is 1.33 bits per heavy atom. The number of ether oxygens (including phenoxy) is 1. The van der Waals surface area contributed by atoms with Gasteiger partial charge in [0, 0.05) is 18.0 Å². The van der Waals surface area contributed by atoms with Crippen molar-refractivity contribution in [3.8, 4) is 17.4 Å². The maximum absolute atomic E-state index is 5.12. The van der Waals surface area contributed by atoms with Gasteiger partial charge in [0.2, 0.25) is 5.88 Å². The van der Waals surface area contributed by atoms with Crippen molar-refractivity contribution in [2.24, 2.45) is 5.92 Å². The highest BCUT2D eigenvalue weighted by molar-refractivity contribution is 5.50. The first-order chi connectivity index (χ1) is 10.3. The highest BCUT2D eigenvalue weighted by Gasteiger charge is 2.20. The molecule has 0 saturated heterocycles. The van der Waals surface area contributed by atoms with E-state index in [0.29, 0.717) is 23.3 Å². The Hall–Kier alpha value is -2.08. The lowest BCUT2D eigenvalue weighted by atomic mass is 9.87. The summed E-state index contributed by atoms with van der Waals surface area (Å²) < 4.78 is 5.12. The van der Waals surface area contributed by atoms with E-state index in [1.165, 1.54) is 11.9 Å². The number of nitrogens with zero attached hydrogens (tertiary/aromatic N) is 4. The van der Waals surface area contributed by atoms with E-state index in [-0.39, 0.29) is 0 Å². The van der Waals surface area contributed by atoms with Gasteiger partial charge in [0.15, 0.2) is 5.82 Å². The molecule has 1 aliphatic rings. The van der Waals surface area contributed by atoms with E-state index in [4.69, 9.17) is 4.74 Å². The van der Waals surface area contributed by atoms with Gasteiger partial charge in [-0.05, 0) is 44.3 Å². The first-order valence-corrected chi connectivity index (χ1v) is 7.16. The lowest BCUT2D eigenvalue weighted by molar-refractivity contribution is 0.397. The van der Waals surface area contributed by atoms with E-state index >= 15 is 0 Å². The number of nitrogens with one attached hydrogen (secondary N) is 1. The third-order valence-electron chi connectivity index (χ3n) is 3.83. The molecular formula is C15H19N5O. The quantitative estimate of drug-likeness (QED) is 0.912. The number of aryl methyl sites for hydroxylation is 1. The fourth-order valence-electron chi connectivity index (χ4n) is 2.74. The smallest absolute Gasteiger partial charge is 0.216 e. The zero-order chi connectivity index (χ0) is 14.7. The van der Waals surface area contributed by atoms with Crippen LogP contribution in [-0.4, -0.2) is 40.6 Å². The SMILES string of the molecule is CNCC1CCc2nc(-c3cc(OC)ncn3)ncc2C1. The summed E-state index contributed by atoms with van der Waals surface area (Å²) in [5.41, 5.74) is 3.10. The van der Waals surface area contributed by atoms with Gasteiger partial charge in [-0.1, -0.05) is 0 Å². The topological polar surface area (TPSA) is 72.8 Å². The molecule has 3 rings (SSSR count). The summed E-state index contributed by atoms with van der Waals surface area (Å²) in [5.74, 6) is 1.84. The van der Waals surface area contributed by atoms with Gasteiger partial charge in [-0.2, -0.15) is 0 Å². The maximum Gasteiger partial charge on any atom is 0.216 e. The van der Waals surface area contributed by atoms with Gasteiger partial charge in [-0.25, -0.2) is 19.9 Å². The Labute approximate surface area is 124 Å². The van der Waals surface area contributed by atoms with Crippen molar-refractivity contribution in [2.75, 3.05) is 20.7 Å². The van der Waals surface area contributed by atoms with Crippen molar-refractivity contribution in [1.29, 1.82) is 0 Å². The molecule has 6 nitrogen and oxygen atoms in total. The molecule has 1 aliphatic carbocycles. The zero-order valence-corrected chi connectivity index (χ0v) is 12.3. The first-order valence-electron chi connectivity index (χ1n) is 7.16. The Bertz CT molecular complexity index is 631. The van der Waals surface area contributed by atoms with Crippen molar-refractivity contribution in [3.63, 3.8) is 0 Å². The van der Waals surface area contributed by atoms with Crippen molar-refractivity contribution in [3.05, 3.63) is 29.8 Å². The zero-order valence-electron chi connectivity index (χ0n) is 12.3. The second-order valence-electron chi connectivity index (χ2n) is 5.28. The molecule has 2 heterocycles. The van der Waals surface area contributed by atoms with Gasteiger partial charge >= 0.3 is 0 Å². The monoisotopic (exact) mass is 285 g/mol. The first kappa shape index (κ1) is 13.9. The van der Waals surface area contributed by atoms with E-state index < -0.39 is 0 Å². The lowest BCUT2D eigenvalue weighted by Crippen LogP contribution is -2.25. The van der Waals surface area contributed by atoms with Crippen LogP contribution in [0.2, 0.25) is 0 Å². The van der Waals surface area contributed by atoms with Crippen molar-refractivity contribution >= 4 is 0 Å². The predicted molar refractivity (Wildman–Crippen MR) is 79.1 cm³/mol. The fourth-order valence-corrected chi connectivity index (χ4v) is 2.74. The van der Waals surface area contributed by atoms with Gasteiger partial charge in [-0.15, -0.1) is 0 Å². The molecule has 21 heavy (non-hydrogen) atoms. The van der Waals surface area contributed by atoms with Crippen LogP contribution in [0.3, 0.4) is 0 Å². The van der Waals surface area contributed by atoms with Crippen molar-refractivity contribution in [2.45, 2.75) is 19.3 Å². The van der Waals surface area contributed by atoms with Crippen LogP contribution >= 0.6 is 0 Å². The van der Waals surface area contributed by atoms with E-state index in [1.807, 2.05) is 13.2 Å². The number of hydrogen-bond acceptors (Lipinski definition) is 6. The predicted octanol–water partition coefficient (Wildman–Crippen LogP) is 1.27. The number of fused-ring (bicyclic) bond motifs is 1. The van der Waals surface area contributed by atoms with Gasteiger partial charge in [0.1, 0.15) is 12.0 Å². The maximum atomic E-state index is 5.12. The van der Waals surface area contributed by atoms with E-state index in [2.05, 4.69) is 25.3 Å². The summed E-state index contributed by atoms with van der Waals surface area (Å²) in [4.78, 5) is 17.4. The molecule has 0 aliphatic heterocycles. The standard InChI is InChI=1S/C15H19N5O/c1-16-7-10-3-4-12-11(5-10)8-17-15(20-12)13-6-14(21-2)19-9-18-13/h6,8-10,16H,3-5,7H2,1-2H3. The van der Waals surface area contributed by atoms with Gasteiger partial charge in [0.25, 0.3) is 0 Å². The molecule has 110 valence electrons. The Kier molecular flexibility index (Phi) is 4.06. The summed E-state index contributed by atoms with van der Waals surface area (Å²) >= 11 is 0. The molecule has 6 heteroatoms. The number of hydrogen-bond donors (Lipinski definition) is 1. The fraction of sp³-hybridized carbons (Fsp3) is 0.467. The average Bonchev–Trinajstić information content (AvgIpc) is 2.55. The molecule has 0 radical (unpaired) electrons. The Morgan fingerprint density at radius 2 is 2.24 bits per heavy atom. The van der Waals surface area contributed by atoms with E-state index in [1.54, 1.807) is 13.2 Å². The molecule has 2 aromatic heterocycles. The summed E-state index contributed by atoms with van der Waals surface area (Å²) in [7, 11) is 3.58. The average molecular weight is 285 g/mol. The minimum absolute atomic E-state index is 0.524. The summed E-state index contributed by atoms with van der Waals surface area (Å²) in [6.07, 6.45) is 6.62. The van der Waals surface area contributed by atoms with Crippen molar-refractivity contribution in [1.82, 2.24) is 25.3 Å². The van der Waals surface area contributed by atoms with Crippen LogP contribution < -0.4 is 10.1 Å². The van der Waals surface area contributed by atoms with E-state index in [0.717, 1.165) is 31.5 Å². The largest absolute Gasteiger partial charge is 0.481 e. The van der Waals surface area contributed by atoms with Crippen LogP contribution in [0.4, 0.5) is 0 Å². The van der Waals surface area contributed by atoms with Gasteiger partial charge < -0.3 is 10.1 Å². The summed E-state index contributed by atoms with van der Waals surface area (Å²) in [6.45, 7) is 1.05. The summed E-state index contributed by atoms with van der Waals surface area (Å²) in [6, 6.07) is 1.76. The Morgan fingerprint density at radius 3 is 3.05 bits per heavy atom. The molecule has 0 saturated carbocycles. The number of rotatable bonds is 4. The molecule has 1 N–H and O–H groups in total. The highest BCUT2D eigenvalue weighted by Crippen LogP contribution is 2.25. The molecule has 2 aromatic rings. The molecule has 0 fully saturated rings. The van der Waals surface area contributed by atoms with Gasteiger partial charge in [-0.3, -0.25) is 0 Å². The molecule has 0 bridgehead atoms. The normalized spacial score (nSPS) is 17.3. The van der Waals surface area contributed by atoms with Gasteiger partial charge in [0.05, 0.1) is 7.11 Å². The van der Waals surface area contributed by atoms with Crippen LogP contribution in [-0.2, 0) is 12.8 Å². The molecular weight excluding hydrogens is 266 g/mol. The second-order valence-corrected chi connectivity index (χ2v) is 5.28. The molecule has 0 aromatic carbocycles. The van der Waals surface area contributed by atoms with Crippen LogP contribution in [0.5, 0.6) is 5.88 Å². The third-order valence-corrected chi connectivity index (χ3v) is 3.83. The highest BCUT2D eigenvalue weighted by atomic mass is 16.5. The van der Waals surface area contributed by atoms with Crippen LogP contribution in [0, 0.1) is 5.92 Å². The lowest BCUT2D eigenvalue weighted by Gasteiger charge is -2.23. The van der Waals surface area contributed by atoms with Crippen LogP contribution in [0.15, 0.2) is 18.6 Å². The summed E-state index contributed by atoms with van der Waals surface area (Å²) in [5, 5.41) is 3.25. The number of aromatic nitrogens is 4. The Balaban J connectivity index is 1.86. The van der Waals surface area contributed by atoms with Crippen LogP contribution in [0.1, 0.15) is 17.7 Å². The molecule has 1 unspecified atom stereocenters. The number of methoxy groups -OCH3 is 1. The molecule has 0 spiro atoms. The van der Waals surface area contributed by atoms with Crippen LogP contribution in [0.25, 0.3) is 11.5 Å². The molecule has 1 atom stereocenters. The minimum atomic E-state index is 0.524. The minimum Gasteiger partial charge on any atom is -0.481 e. The third kappa shape index (κ3) is 3.00. The van der Waals surface area contributed by atoms with Crippen molar-refractivity contribution < 1.29 is 4.74 Å². The molecule has 0 amide bonds.